The van der Waals surface area contributed by atoms with E-state index in [1.54, 1.807) is 0 Å². The van der Waals surface area contributed by atoms with Gasteiger partial charge < -0.3 is 15.5 Å². The van der Waals surface area contributed by atoms with Crippen molar-refractivity contribution in [2.45, 2.75) is 0 Å². The molecule has 0 aliphatic rings. The zero-order valence-corrected chi connectivity index (χ0v) is 8.70. The third-order valence-electron chi connectivity index (χ3n) is 2.01. The smallest absolute Gasteiger partial charge is 0.0596 e. The molecule has 0 spiro atoms. The van der Waals surface area contributed by atoms with Gasteiger partial charge in [-0.15, -0.1) is 0 Å². The second kappa shape index (κ2) is 3.56. The summed E-state index contributed by atoms with van der Waals surface area (Å²) in [6, 6.07) is 6.08. The standard InChI is InChI=1S/C10H17N3/c1-12(2)8-5-6-10(13(3)4)9(11)7-8/h5-7H,11H2,1-4H3. The summed E-state index contributed by atoms with van der Waals surface area (Å²) in [5.74, 6) is 0. The fourth-order valence-corrected chi connectivity index (χ4v) is 1.23. The van der Waals surface area contributed by atoms with Crippen LogP contribution in [0.2, 0.25) is 0 Å². The van der Waals surface area contributed by atoms with Crippen molar-refractivity contribution in [3.8, 4) is 0 Å². The quantitative estimate of drug-likeness (QED) is 0.696. The number of anilines is 3. The van der Waals surface area contributed by atoms with E-state index in [1.807, 2.05) is 50.1 Å². The van der Waals surface area contributed by atoms with Crippen molar-refractivity contribution in [2.75, 3.05) is 43.7 Å². The zero-order chi connectivity index (χ0) is 10.0. The first-order valence-corrected chi connectivity index (χ1v) is 4.26. The van der Waals surface area contributed by atoms with Gasteiger partial charge in [0.1, 0.15) is 0 Å². The molecule has 13 heavy (non-hydrogen) atoms. The van der Waals surface area contributed by atoms with Gasteiger partial charge in [-0.05, 0) is 18.2 Å². The summed E-state index contributed by atoms with van der Waals surface area (Å²) in [6.45, 7) is 0. The molecule has 0 saturated heterocycles. The number of benzene rings is 1. The molecule has 0 heterocycles. The maximum Gasteiger partial charge on any atom is 0.0596 e. The van der Waals surface area contributed by atoms with E-state index in [-0.39, 0.29) is 0 Å². The summed E-state index contributed by atoms with van der Waals surface area (Å²) in [7, 11) is 7.98. The van der Waals surface area contributed by atoms with E-state index >= 15 is 0 Å². The van der Waals surface area contributed by atoms with Crippen LogP contribution in [0.25, 0.3) is 0 Å². The average molecular weight is 179 g/mol. The van der Waals surface area contributed by atoms with Crippen LogP contribution < -0.4 is 15.5 Å². The van der Waals surface area contributed by atoms with E-state index in [9.17, 15) is 0 Å². The third kappa shape index (κ3) is 2.05. The van der Waals surface area contributed by atoms with Crippen LogP contribution in [0.1, 0.15) is 0 Å². The highest BCUT2D eigenvalue weighted by molar-refractivity contribution is 5.72. The van der Waals surface area contributed by atoms with Crippen molar-refractivity contribution in [3.63, 3.8) is 0 Å². The summed E-state index contributed by atoms with van der Waals surface area (Å²) in [5, 5.41) is 0. The molecule has 0 aliphatic heterocycles. The highest BCUT2D eigenvalue weighted by Gasteiger charge is 2.02. The van der Waals surface area contributed by atoms with Gasteiger partial charge in [-0.1, -0.05) is 0 Å². The minimum Gasteiger partial charge on any atom is -0.397 e. The Hall–Kier alpha value is -1.38. The van der Waals surface area contributed by atoms with Gasteiger partial charge in [0, 0.05) is 33.9 Å². The number of hydrogen-bond donors (Lipinski definition) is 1. The van der Waals surface area contributed by atoms with Crippen molar-refractivity contribution in [1.82, 2.24) is 0 Å². The molecule has 0 aliphatic carbocycles. The molecule has 0 amide bonds. The van der Waals surface area contributed by atoms with Crippen molar-refractivity contribution in [1.29, 1.82) is 0 Å². The van der Waals surface area contributed by atoms with Gasteiger partial charge in [-0.3, -0.25) is 0 Å². The Morgan fingerprint density at radius 1 is 1.00 bits per heavy atom. The monoisotopic (exact) mass is 179 g/mol. The van der Waals surface area contributed by atoms with Gasteiger partial charge in [0.15, 0.2) is 0 Å². The Kier molecular flexibility index (Phi) is 2.66. The van der Waals surface area contributed by atoms with E-state index in [2.05, 4.69) is 6.07 Å². The molecule has 1 aromatic rings. The molecule has 0 aromatic heterocycles. The summed E-state index contributed by atoms with van der Waals surface area (Å²) in [5.41, 5.74) is 8.90. The van der Waals surface area contributed by atoms with E-state index < -0.39 is 0 Å². The fourth-order valence-electron chi connectivity index (χ4n) is 1.23. The van der Waals surface area contributed by atoms with Crippen LogP contribution in [0.15, 0.2) is 18.2 Å². The molecule has 0 fully saturated rings. The van der Waals surface area contributed by atoms with Crippen LogP contribution in [0.4, 0.5) is 17.1 Å². The minimum absolute atomic E-state index is 0.816. The largest absolute Gasteiger partial charge is 0.397 e. The van der Waals surface area contributed by atoms with Crippen molar-refractivity contribution in [2.24, 2.45) is 0 Å². The van der Waals surface area contributed by atoms with Crippen LogP contribution in [0.3, 0.4) is 0 Å². The summed E-state index contributed by atoms with van der Waals surface area (Å²) in [6.07, 6.45) is 0. The van der Waals surface area contributed by atoms with Crippen molar-refractivity contribution in [3.05, 3.63) is 18.2 Å². The number of nitrogens with zero attached hydrogens (tertiary/aromatic N) is 2. The molecule has 0 unspecified atom stereocenters. The normalized spacial score (nSPS) is 9.85. The Balaban J connectivity index is 3.06. The molecule has 3 nitrogen and oxygen atoms in total. The molecule has 2 N–H and O–H groups in total. The topological polar surface area (TPSA) is 32.5 Å². The molecule has 1 aromatic carbocycles. The van der Waals surface area contributed by atoms with Gasteiger partial charge in [-0.2, -0.15) is 0 Å². The second-order valence-electron chi connectivity index (χ2n) is 3.53. The lowest BCUT2D eigenvalue weighted by atomic mass is 10.2. The molecule has 72 valence electrons. The number of nitrogens with two attached hydrogens (primary N) is 1. The Morgan fingerprint density at radius 3 is 2.00 bits per heavy atom. The molecule has 3 heteroatoms. The predicted molar refractivity (Wildman–Crippen MR) is 59.5 cm³/mol. The number of hydrogen-bond acceptors (Lipinski definition) is 3. The van der Waals surface area contributed by atoms with Gasteiger partial charge in [0.05, 0.1) is 11.4 Å². The van der Waals surface area contributed by atoms with Crippen LogP contribution >= 0.6 is 0 Å². The SMILES string of the molecule is CN(C)c1ccc(N(C)C)c(N)c1. The first kappa shape index (κ1) is 9.71. The van der Waals surface area contributed by atoms with Crippen LogP contribution in [0.5, 0.6) is 0 Å². The number of nitrogen functional groups attached to an aromatic ring is 1. The lowest BCUT2D eigenvalue weighted by Crippen LogP contribution is -2.13. The predicted octanol–water partition coefficient (Wildman–Crippen LogP) is 1.40. The molecule has 1 rings (SSSR count). The van der Waals surface area contributed by atoms with Gasteiger partial charge in [0.2, 0.25) is 0 Å². The van der Waals surface area contributed by atoms with E-state index in [4.69, 9.17) is 5.73 Å². The zero-order valence-electron chi connectivity index (χ0n) is 8.70. The maximum atomic E-state index is 5.89. The van der Waals surface area contributed by atoms with Crippen molar-refractivity contribution >= 4 is 17.1 Å². The molecule has 0 atom stereocenters. The van der Waals surface area contributed by atoms with Gasteiger partial charge >= 0.3 is 0 Å². The summed E-state index contributed by atoms with van der Waals surface area (Å²) in [4.78, 5) is 4.05. The summed E-state index contributed by atoms with van der Waals surface area (Å²) >= 11 is 0. The van der Waals surface area contributed by atoms with Gasteiger partial charge in [0.25, 0.3) is 0 Å². The first-order chi connectivity index (χ1) is 6.02. The molecular weight excluding hydrogens is 162 g/mol. The Labute approximate surface area is 79.8 Å². The second-order valence-corrected chi connectivity index (χ2v) is 3.53. The van der Waals surface area contributed by atoms with Crippen LogP contribution in [-0.2, 0) is 0 Å². The minimum atomic E-state index is 0.816. The molecule has 0 bridgehead atoms. The van der Waals surface area contributed by atoms with Crippen LogP contribution in [-0.4, -0.2) is 28.2 Å². The maximum absolute atomic E-state index is 5.89. The van der Waals surface area contributed by atoms with Crippen molar-refractivity contribution < 1.29 is 0 Å². The average Bonchev–Trinajstić information content (AvgIpc) is 2.03. The fraction of sp³-hybridized carbons (Fsp3) is 0.400. The van der Waals surface area contributed by atoms with E-state index in [0.29, 0.717) is 0 Å². The highest BCUT2D eigenvalue weighted by atomic mass is 15.1. The van der Waals surface area contributed by atoms with E-state index in [1.165, 1.54) is 0 Å². The molecule has 0 radical (unpaired) electrons. The van der Waals surface area contributed by atoms with Gasteiger partial charge in [-0.25, -0.2) is 0 Å². The lowest BCUT2D eigenvalue weighted by molar-refractivity contribution is 1.11. The highest BCUT2D eigenvalue weighted by Crippen LogP contribution is 2.25. The third-order valence-corrected chi connectivity index (χ3v) is 2.01. The van der Waals surface area contributed by atoms with E-state index in [0.717, 1.165) is 17.1 Å². The Bertz CT molecular complexity index is 292. The summed E-state index contributed by atoms with van der Waals surface area (Å²) < 4.78 is 0. The first-order valence-electron chi connectivity index (χ1n) is 4.26. The molecule has 0 saturated carbocycles. The molecular formula is C10H17N3. The Morgan fingerprint density at radius 2 is 1.62 bits per heavy atom. The lowest BCUT2D eigenvalue weighted by Gasteiger charge is -2.18. The number of rotatable bonds is 2. The van der Waals surface area contributed by atoms with Crippen LogP contribution in [0, 0.1) is 0 Å².